The normalized spacial score (nSPS) is 15.8. The maximum atomic E-state index is 6.18. The van der Waals surface area contributed by atoms with Crippen molar-refractivity contribution in [1.82, 2.24) is 25.1 Å². The van der Waals surface area contributed by atoms with Gasteiger partial charge in [-0.2, -0.15) is 0 Å². The van der Waals surface area contributed by atoms with Crippen LogP contribution in [0.25, 0.3) is 0 Å². The molecule has 31 heavy (non-hydrogen) atoms. The van der Waals surface area contributed by atoms with E-state index in [4.69, 9.17) is 11.6 Å². The summed E-state index contributed by atoms with van der Waals surface area (Å²) in [7, 11) is 0. The largest absolute Gasteiger partial charge is 0.369 e. The van der Waals surface area contributed by atoms with E-state index in [0.717, 1.165) is 42.6 Å². The van der Waals surface area contributed by atoms with Crippen molar-refractivity contribution >= 4 is 28.6 Å². The topological polar surface area (TPSA) is 50.1 Å². The lowest BCUT2D eigenvalue weighted by molar-refractivity contribution is 0.201. The number of aromatic nitrogens is 4. The molecule has 0 spiro atoms. The summed E-state index contributed by atoms with van der Waals surface area (Å²) < 4.78 is 1.93. The van der Waals surface area contributed by atoms with Crippen molar-refractivity contribution in [1.29, 1.82) is 0 Å². The molecule has 0 amide bonds. The third kappa shape index (κ3) is 4.49. The number of thiophene rings is 1. The van der Waals surface area contributed by atoms with Gasteiger partial charge in [0, 0.05) is 41.8 Å². The van der Waals surface area contributed by atoms with Crippen molar-refractivity contribution in [3.63, 3.8) is 0 Å². The van der Waals surface area contributed by atoms with Crippen LogP contribution in [0, 0.1) is 0 Å². The number of piperazine rings is 1. The molecule has 5 rings (SSSR count). The smallest absolute Gasteiger partial charge is 0.173 e. The summed E-state index contributed by atoms with van der Waals surface area (Å²) in [6.45, 7) is 4.44. The zero-order valence-electron chi connectivity index (χ0n) is 17.0. The molecule has 1 aliphatic rings. The van der Waals surface area contributed by atoms with Gasteiger partial charge in [-0.25, -0.2) is 4.68 Å². The molecular weight excluding hydrogens is 428 g/mol. The van der Waals surface area contributed by atoms with Crippen LogP contribution in [-0.2, 0) is 6.54 Å². The Bertz CT molecular complexity index is 1090. The van der Waals surface area contributed by atoms with E-state index >= 15 is 0 Å². The molecule has 0 bridgehead atoms. The van der Waals surface area contributed by atoms with Crippen molar-refractivity contribution in [2.45, 2.75) is 12.6 Å². The summed E-state index contributed by atoms with van der Waals surface area (Å²) in [6.07, 6.45) is 0. The summed E-state index contributed by atoms with van der Waals surface area (Å²) in [6, 6.07) is 22.8. The monoisotopic (exact) mass is 450 g/mol. The Morgan fingerprint density at radius 1 is 0.903 bits per heavy atom. The number of benzene rings is 2. The molecule has 1 atom stereocenters. The summed E-state index contributed by atoms with van der Waals surface area (Å²) >= 11 is 7.89. The van der Waals surface area contributed by atoms with Gasteiger partial charge in [0.05, 0.1) is 12.6 Å². The van der Waals surface area contributed by atoms with Crippen LogP contribution in [0.4, 0.5) is 5.69 Å². The van der Waals surface area contributed by atoms with Gasteiger partial charge in [-0.05, 0) is 51.7 Å². The van der Waals surface area contributed by atoms with E-state index in [9.17, 15) is 0 Å². The number of rotatable bonds is 6. The second kappa shape index (κ2) is 9.18. The fraction of sp³-hybridized carbons (Fsp3) is 0.261. The second-order valence-corrected chi connectivity index (χ2v) is 9.06. The van der Waals surface area contributed by atoms with Gasteiger partial charge in [0.2, 0.25) is 0 Å². The Labute approximate surface area is 190 Å². The second-order valence-electron chi connectivity index (χ2n) is 7.59. The van der Waals surface area contributed by atoms with Crippen LogP contribution in [0.1, 0.15) is 22.3 Å². The third-order valence-corrected chi connectivity index (χ3v) is 6.79. The van der Waals surface area contributed by atoms with E-state index in [1.165, 1.54) is 10.6 Å². The summed E-state index contributed by atoms with van der Waals surface area (Å²) in [5.41, 5.74) is 2.42. The van der Waals surface area contributed by atoms with Crippen molar-refractivity contribution in [2.75, 3.05) is 31.1 Å². The van der Waals surface area contributed by atoms with Gasteiger partial charge in [0.25, 0.3) is 0 Å². The third-order valence-electron chi connectivity index (χ3n) is 5.68. The highest BCUT2D eigenvalue weighted by Crippen LogP contribution is 2.30. The summed E-state index contributed by atoms with van der Waals surface area (Å²) in [5.74, 6) is 0.865. The molecule has 1 saturated heterocycles. The predicted molar refractivity (Wildman–Crippen MR) is 125 cm³/mol. The van der Waals surface area contributed by atoms with Crippen molar-refractivity contribution in [3.05, 3.63) is 93.4 Å². The molecular formula is C23H23ClN6S. The maximum absolute atomic E-state index is 6.18. The zero-order chi connectivity index (χ0) is 21.0. The van der Waals surface area contributed by atoms with Crippen LogP contribution in [-0.4, -0.2) is 51.3 Å². The highest BCUT2D eigenvalue weighted by atomic mass is 35.5. The average molecular weight is 451 g/mol. The lowest BCUT2D eigenvalue weighted by Crippen LogP contribution is -2.48. The molecule has 0 radical (unpaired) electrons. The number of para-hydroxylation sites is 1. The Morgan fingerprint density at radius 3 is 2.39 bits per heavy atom. The molecule has 2 aromatic carbocycles. The lowest BCUT2D eigenvalue weighted by Gasteiger charge is -2.39. The van der Waals surface area contributed by atoms with E-state index in [2.05, 4.69) is 85.3 Å². The maximum Gasteiger partial charge on any atom is 0.173 e. The van der Waals surface area contributed by atoms with Gasteiger partial charge < -0.3 is 4.90 Å². The molecule has 0 aliphatic carbocycles. The zero-order valence-corrected chi connectivity index (χ0v) is 18.6. The van der Waals surface area contributed by atoms with Crippen molar-refractivity contribution in [2.24, 2.45) is 0 Å². The average Bonchev–Trinajstić information content (AvgIpc) is 3.49. The van der Waals surface area contributed by atoms with E-state index in [1.807, 2.05) is 16.8 Å². The number of hydrogen-bond acceptors (Lipinski definition) is 6. The van der Waals surface area contributed by atoms with Crippen LogP contribution in [0.3, 0.4) is 0 Å². The summed E-state index contributed by atoms with van der Waals surface area (Å²) in [5, 5.41) is 15.6. The van der Waals surface area contributed by atoms with Gasteiger partial charge in [-0.3, -0.25) is 4.90 Å². The molecule has 1 aliphatic heterocycles. The van der Waals surface area contributed by atoms with Crippen LogP contribution in [0.2, 0.25) is 5.02 Å². The minimum atomic E-state index is -0.0230. The first-order chi connectivity index (χ1) is 15.3. The molecule has 2 aromatic heterocycles. The molecule has 0 saturated carbocycles. The minimum Gasteiger partial charge on any atom is -0.369 e. The number of hydrogen-bond donors (Lipinski definition) is 0. The van der Waals surface area contributed by atoms with Gasteiger partial charge in [-0.15, -0.1) is 16.4 Å². The van der Waals surface area contributed by atoms with E-state index in [1.54, 1.807) is 11.3 Å². The Kier molecular flexibility index (Phi) is 5.97. The van der Waals surface area contributed by atoms with Crippen molar-refractivity contribution < 1.29 is 0 Å². The number of anilines is 1. The number of halogens is 1. The molecule has 8 heteroatoms. The Morgan fingerprint density at radius 2 is 1.68 bits per heavy atom. The first kappa shape index (κ1) is 20.2. The molecule has 1 fully saturated rings. The predicted octanol–water partition coefficient (Wildman–Crippen LogP) is 4.35. The Balaban J connectivity index is 1.43. The molecule has 0 N–H and O–H groups in total. The standard InChI is InChI=1S/C23H23ClN6S/c24-19-10-8-18(9-11-19)22(23-25-26-27-30(23)17-21-7-4-16-31-21)29-14-12-28(13-15-29)20-5-2-1-3-6-20/h1-11,16,22H,12-15,17H2/t22-/m1/s1. The molecule has 4 aromatic rings. The SMILES string of the molecule is Clc1ccc([C@H](c2nnnn2Cc2cccs2)N2CCN(c3ccccc3)CC2)cc1. The number of nitrogens with zero attached hydrogens (tertiary/aromatic N) is 6. The molecule has 158 valence electrons. The molecule has 6 nitrogen and oxygen atoms in total. The van der Waals surface area contributed by atoms with Crippen LogP contribution >= 0.6 is 22.9 Å². The van der Waals surface area contributed by atoms with Crippen LogP contribution < -0.4 is 4.90 Å². The molecule has 0 unspecified atom stereocenters. The molecule has 3 heterocycles. The number of tetrazole rings is 1. The van der Waals surface area contributed by atoms with E-state index in [-0.39, 0.29) is 6.04 Å². The fourth-order valence-electron chi connectivity index (χ4n) is 4.12. The van der Waals surface area contributed by atoms with Gasteiger partial charge >= 0.3 is 0 Å². The van der Waals surface area contributed by atoms with E-state index in [0.29, 0.717) is 6.54 Å². The first-order valence-electron chi connectivity index (χ1n) is 10.4. The quantitative estimate of drug-likeness (QED) is 0.437. The van der Waals surface area contributed by atoms with Gasteiger partial charge in [-0.1, -0.05) is 48.0 Å². The highest BCUT2D eigenvalue weighted by molar-refractivity contribution is 7.09. The lowest BCUT2D eigenvalue weighted by atomic mass is 10.0. The summed E-state index contributed by atoms with van der Waals surface area (Å²) in [4.78, 5) is 6.14. The fourth-order valence-corrected chi connectivity index (χ4v) is 4.93. The Hall–Kier alpha value is -2.74. The minimum absolute atomic E-state index is 0.0230. The van der Waals surface area contributed by atoms with Crippen LogP contribution in [0.5, 0.6) is 0 Å². The van der Waals surface area contributed by atoms with Crippen molar-refractivity contribution in [3.8, 4) is 0 Å². The van der Waals surface area contributed by atoms with Crippen LogP contribution in [0.15, 0.2) is 72.1 Å². The van der Waals surface area contributed by atoms with Gasteiger partial charge in [0.1, 0.15) is 0 Å². The van der Waals surface area contributed by atoms with E-state index < -0.39 is 0 Å². The first-order valence-corrected chi connectivity index (χ1v) is 11.6. The van der Waals surface area contributed by atoms with Gasteiger partial charge in [0.15, 0.2) is 5.82 Å². The highest BCUT2D eigenvalue weighted by Gasteiger charge is 2.30.